The highest BCUT2D eigenvalue weighted by atomic mass is 32.1. The van der Waals surface area contributed by atoms with Crippen molar-refractivity contribution < 1.29 is 0 Å². The van der Waals surface area contributed by atoms with Crippen LogP contribution >= 0.6 is 11.3 Å². The first-order valence-electron chi connectivity index (χ1n) is 5.48. The summed E-state index contributed by atoms with van der Waals surface area (Å²) in [7, 11) is 0. The molecular formula is C11H18N2S. The van der Waals surface area contributed by atoms with Crippen molar-refractivity contribution in [3.8, 4) is 0 Å². The van der Waals surface area contributed by atoms with Gasteiger partial charge in [-0.25, -0.2) is 4.98 Å². The standard InChI is InChI=1S/C11H18N2S/c1-8(12)11-13-7-10(14-11)9-5-3-2-4-6-9/h7-9H,2-6,12H2,1H3. The third-order valence-electron chi connectivity index (χ3n) is 2.94. The molecule has 0 saturated heterocycles. The fourth-order valence-electron chi connectivity index (χ4n) is 2.09. The van der Waals surface area contributed by atoms with E-state index in [1.807, 2.05) is 24.5 Å². The fourth-order valence-corrected chi connectivity index (χ4v) is 3.13. The summed E-state index contributed by atoms with van der Waals surface area (Å²) >= 11 is 1.81. The minimum atomic E-state index is 0.0948. The quantitative estimate of drug-likeness (QED) is 0.814. The highest BCUT2D eigenvalue weighted by Gasteiger charge is 2.18. The van der Waals surface area contributed by atoms with Gasteiger partial charge in [-0.2, -0.15) is 0 Å². The summed E-state index contributed by atoms with van der Waals surface area (Å²) in [6.45, 7) is 2.00. The van der Waals surface area contributed by atoms with Crippen molar-refractivity contribution in [3.63, 3.8) is 0 Å². The summed E-state index contributed by atoms with van der Waals surface area (Å²) in [6, 6.07) is 0.0948. The summed E-state index contributed by atoms with van der Waals surface area (Å²) in [5.74, 6) is 0.772. The number of hydrogen-bond donors (Lipinski definition) is 1. The normalized spacial score (nSPS) is 21.0. The summed E-state index contributed by atoms with van der Waals surface area (Å²) in [5, 5.41) is 1.09. The van der Waals surface area contributed by atoms with Gasteiger partial charge in [0.1, 0.15) is 5.01 Å². The van der Waals surface area contributed by atoms with Gasteiger partial charge in [0, 0.05) is 11.1 Å². The van der Waals surface area contributed by atoms with Crippen LogP contribution in [-0.4, -0.2) is 4.98 Å². The second kappa shape index (κ2) is 4.41. The van der Waals surface area contributed by atoms with E-state index in [0.29, 0.717) is 0 Å². The topological polar surface area (TPSA) is 38.9 Å². The third kappa shape index (κ3) is 2.15. The SMILES string of the molecule is CC(N)c1ncc(C2CCCCC2)s1. The van der Waals surface area contributed by atoms with E-state index in [1.165, 1.54) is 37.0 Å². The lowest BCUT2D eigenvalue weighted by Crippen LogP contribution is -2.03. The molecule has 1 aromatic rings. The Hall–Kier alpha value is -0.410. The predicted molar refractivity (Wildman–Crippen MR) is 60.5 cm³/mol. The van der Waals surface area contributed by atoms with E-state index in [1.54, 1.807) is 0 Å². The summed E-state index contributed by atoms with van der Waals surface area (Å²) < 4.78 is 0. The lowest BCUT2D eigenvalue weighted by Gasteiger charge is -2.19. The van der Waals surface area contributed by atoms with Gasteiger partial charge in [-0.15, -0.1) is 11.3 Å². The van der Waals surface area contributed by atoms with Crippen LogP contribution in [0.15, 0.2) is 6.20 Å². The average molecular weight is 210 g/mol. The van der Waals surface area contributed by atoms with E-state index < -0.39 is 0 Å². The summed E-state index contributed by atoms with van der Waals surface area (Å²) in [6.07, 6.45) is 8.92. The molecule has 3 heteroatoms. The molecule has 14 heavy (non-hydrogen) atoms. The number of aromatic nitrogens is 1. The molecule has 78 valence electrons. The van der Waals surface area contributed by atoms with E-state index in [2.05, 4.69) is 4.98 Å². The average Bonchev–Trinajstić information content (AvgIpc) is 2.68. The minimum absolute atomic E-state index is 0.0948. The van der Waals surface area contributed by atoms with Gasteiger partial charge >= 0.3 is 0 Å². The van der Waals surface area contributed by atoms with Gasteiger partial charge in [0.05, 0.1) is 6.04 Å². The molecule has 0 spiro atoms. The van der Waals surface area contributed by atoms with Crippen molar-refractivity contribution in [1.29, 1.82) is 0 Å². The highest BCUT2D eigenvalue weighted by Crippen LogP contribution is 2.36. The Morgan fingerprint density at radius 2 is 2.14 bits per heavy atom. The van der Waals surface area contributed by atoms with Crippen LogP contribution < -0.4 is 5.73 Å². The molecule has 1 heterocycles. The molecule has 1 aliphatic carbocycles. The van der Waals surface area contributed by atoms with Gasteiger partial charge in [-0.05, 0) is 25.7 Å². The molecule has 0 amide bonds. The first kappa shape index (κ1) is 10.1. The Morgan fingerprint density at radius 3 is 2.71 bits per heavy atom. The molecule has 0 bridgehead atoms. The maximum absolute atomic E-state index is 5.80. The lowest BCUT2D eigenvalue weighted by atomic mass is 9.89. The number of nitrogens with zero attached hydrogens (tertiary/aromatic N) is 1. The Balaban J connectivity index is 2.07. The number of rotatable bonds is 2. The van der Waals surface area contributed by atoms with Crippen LogP contribution in [0.25, 0.3) is 0 Å². The molecule has 2 N–H and O–H groups in total. The van der Waals surface area contributed by atoms with Gasteiger partial charge < -0.3 is 5.73 Å². The Morgan fingerprint density at radius 1 is 1.43 bits per heavy atom. The molecule has 0 aromatic carbocycles. The molecular weight excluding hydrogens is 192 g/mol. The number of nitrogens with two attached hydrogens (primary N) is 1. The molecule has 1 aromatic heterocycles. The smallest absolute Gasteiger partial charge is 0.109 e. The van der Waals surface area contributed by atoms with Gasteiger partial charge in [0.2, 0.25) is 0 Å². The molecule has 1 fully saturated rings. The van der Waals surface area contributed by atoms with Crippen LogP contribution in [0.3, 0.4) is 0 Å². The molecule has 1 saturated carbocycles. The van der Waals surface area contributed by atoms with E-state index in [4.69, 9.17) is 5.73 Å². The van der Waals surface area contributed by atoms with Gasteiger partial charge in [-0.3, -0.25) is 0 Å². The second-order valence-electron chi connectivity index (χ2n) is 4.22. The highest BCUT2D eigenvalue weighted by molar-refractivity contribution is 7.11. The van der Waals surface area contributed by atoms with Crippen LogP contribution in [0.5, 0.6) is 0 Å². The third-order valence-corrected chi connectivity index (χ3v) is 4.30. The van der Waals surface area contributed by atoms with Crippen LogP contribution in [0.2, 0.25) is 0 Å². The molecule has 0 radical (unpaired) electrons. The van der Waals surface area contributed by atoms with E-state index >= 15 is 0 Å². The maximum atomic E-state index is 5.80. The van der Waals surface area contributed by atoms with Gasteiger partial charge in [0.15, 0.2) is 0 Å². The Bertz CT molecular complexity index is 287. The lowest BCUT2D eigenvalue weighted by molar-refractivity contribution is 0.448. The van der Waals surface area contributed by atoms with Crippen LogP contribution in [0, 0.1) is 0 Å². The number of thiazole rings is 1. The Kier molecular flexibility index (Phi) is 3.19. The van der Waals surface area contributed by atoms with E-state index in [0.717, 1.165) is 10.9 Å². The molecule has 1 atom stereocenters. The summed E-state index contributed by atoms with van der Waals surface area (Å²) in [5.41, 5.74) is 5.80. The molecule has 2 rings (SSSR count). The van der Waals surface area contributed by atoms with E-state index in [-0.39, 0.29) is 6.04 Å². The van der Waals surface area contributed by atoms with Crippen LogP contribution in [0.1, 0.15) is 60.9 Å². The van der Waals surface area contributed by atoms with Crippen molar-refractivity contribution in [2.75, 3.05) is 0 Å². The van der Waals surface area contributed by atoms with Crippen molar-refractivity contribution in [2.45, 2.75) is 51.0 Å². The molecule has 1 aliphatic rings. The van der Waals surface area contributed by atoms with Crippen LogP contribution in [0.4, 0.5) is 0 Å². The van der Waals surface area contributed by atoms with Crippen molar-refractivity contribution >= 4 is 11.3 Å². The fraction of sp³-hybridized carbons (Fsp3) is 0.727. The van der Waals surface area contributed by atoms with Crippen molar-refractivity contribution in [2.24, 2.45) is 5.73 Å². The molecule has 2 nitrogen and oxygen atoms in total. The monoisotopic (exact) mass is 210 g/mol. The van der Waals surface area contributed by atoms with Crippen molar-refractivity contribution in [1.82, 2.24) is 4.98 Å². The Labute approximate surface area is 89.5 Å². The predicted octanol–water partition coefficient (Wildman–Crippen LogP) is 3.21. The number of hydrogen-bond acceptors (Lipinski definition) is 3. The zero-order valence-corrected chi connectivity index (χ0v) is 9.52. The largest absolute Gasteiger partial charge is 0.322 e. The first-order valence-corrected chi connectivity index (χ1v) is 6.30. The second-order valence-corrected chi connectivity index (χ2v) is 5.32. The minimum Gasteiger partial charge on any atom is -0.322 e. The zero-order chi connectivity index (χ0) is 9.97. The van der Waals surface area contributed by atoms with Gasteiger partial charge in [0.25, 0.3) is 0 Å². The van der Waals surface area contributed by atoms with Crippen LogP contribution in [-0.2, 0) is 0 Å². The summed E-state index contributed by atoms with van der Waals surface area (Å²) in [4.78, 5) is 5.84. The van der Waals surface area contributed by atoms with Gasteiger partial charge in [-0.1, -0.05) is 19.3 Å². The molecule has 0 aliphatic heterocycles. The van der Waals surface area contributed by atoms with Crippen molar-refractivity contribution in [3.05, 3.63) is 16.1 Å². The van der Waals surface area contributed by atoms with E-state index in [9.17, 15) is 0 Å². The maximum Gasteiger partial charge on any atom is 0.109 e. The molecule has 1 unspecified atom stereocenters. The first-order chi connectivity index (χ1) is 6.77. The zero-order valence-electron chi connectivity index (χ0n) is 8.70.